The van der Waals surface area contributed by atoms with Gasteiger partial charge in [-0.3, -0.25) is 9.88 Å². The zero-order valence-electron chi connectivity index (χ0n) is 13.7. The average molecular weight is 323 g/mol. The molecule has 0 radical (unpaired) electrons. The fourth-order valence-corrected chi connectivity index (χ4v) is 2.97. The molecule has 0 saturated carbocycles. The summed E-state index contributed by atoms with van der Waals surface area (Å²) in [6, 6.07) is 17.2. The van der Waals surface area contributed by atoms with Crippen molar-refractivity contribution in [2.24, 2.45) is 5.73 Å². The summed E-state index contributed by atoms with van der Waals surface area (Å²) in [4.78, 5) is 6.69. The number of nitrogens with zero attached hydrogens (tertiary/aromatic N) is 2. The molecule has 0 atom stereocenters. The first-order valence-electron chi connectivity index (χ1n) is 8.26. The number of hydrogen-bond acceptors (Lipinski definition) is 3. The van der Waals surface area contributed by atoms with E-state index in [1.165, 1.54) is 11.6 Å². The van der Waals surface area contributed by atoms with Gasteiger partial charge in [-0.2, -0.15) is 0 Å². The van der Waals surface area contributed by atoms with Crippen LogP contribution in [0.1, 0.15) is 11.1 Å². The highest BCUT2D eigenvalue weighted by molar-refractivity contribution is 5.81. The van der Waals surface area contributed by atoms with Gasteiger partial charge < -0.3 is 5.73 Å². The van der Waals surface area contributed by atoms with Crippen LogP contribution in [0.15, 0.2) is 60.8 Å². The average Bonchev–Trinajstić information content (AvgIpc) is 2.60. The standard InChI is InChI=1S/C20H22FN3/c21-19-13-17-7-4-10-23-20(17)18(14-19)15-24(12-9-22)11-8-16-5-2-1-3-6-16/h1-7,10,13-14H,8-9,11-12,15,22H2. The van der Waals surface area contributed by atoms with Crippen LogP contribution in [-0.4, -0.2) is 29.5 Å². The summed E-state index contributed by atoms with van der Waals surface area (Å²) in [7, 11) is 0. The Kier molecular flexibility index (Phi) is 5.51. The molecule has 24 heavy (non-hydrogen) atoms. The first kappa shape index (κ1) is 16.6. The Hall–Kier alpha value is -2.30. The van der Waals surface area contributed by atoms with E-state index in [9.17, 15) is 4.39 Å². The van der Waals surface area contributed by atoms with Crippen LogP contribution in [0, 0.1) is 5.82 Å². The predicted octanol–water partition coefficient (Wildman–Crippen LogP) is 3.38. The minimum absolute atomic E-state index is 0.221. The molecule has 0 aliphatic carbocycles. The van der Waals surface area contributed by atoms with Crippen molar-refractivity contribution in [3.63, 3.8) is 0 Å². The van der Waals surface area contributed by atoms with Crippen molar-refractivity contribution < 1.29 is 4.39 Å². The largest absolute Gasteiger partial charge is 0.329 e. The van der Waals surface area contributed by atoms with Crippen molar-refractivity contribution in [3.8, 4) is 0 Å². The predicted molar refractivity (Wildman–Crippen MR) is 96.2 cm³/mol. The molecule has 3 aromatic rings. The molecule has 0 aliphatic heterocycles. The Morgan fingerprint density at radius 2 is 1.83 bits per heavy atom. The molecule has 2 aromatic carbocycles. The van der Waals surface area contributed by atoms with Gasteiger partial charge in [-0.1, -0.05) is 36.4 Å². The summed E-state index contributed by atoms with van der Waals surface area (Å²) < 4.78 is 13.9. The van der Waals surface area contributed by atoms with Gasteiger partial charge in [0, 0.05) is 37.8 Å². The second kappa shape index (κ2) is 7.99. The highest BCUT2D eigenvalue weighted by Gasteiger charge is 2.11. The highest BCUT2D eigenvalue weighted by Crippen LogP contribution is 2.20. The van der Waals surface area contributed by atoms with E-state index in [-0.39, 0.29) is 5.82 Å². The number of rotatable bonds is 7. The fraction of sp³-hybridized carbons (Fsp3) is 0.250. The minimum Gasteiger partial charge on any atom is -0.329 e. The maximum absolute atomic E-state index is 13.9. The molecular formula is C20H22FN3. The molecule has 0 spiro atoms. The number of halogens is 1. The lowest BCUT2D eigenvalue weighted by atomic mass is 10.1. The molecule has 1 heterocycles. The molecule has 0 fully saturated rings. The number of aromatic nitrogens is 1. The summed E-state index contributed by atoms with van der Waals surface area (Å²) in [6.07, 6.45) is 2.70. The molecular weight excluding hydrogens is 301 g/mol. The summed E-state index contributed by atoms with van der Waals surface area (Å²) in [6.45, 7) is 2.88. The molecule has 0 bridgehead atoms. The Morgan fingerprint density at radius 3 is 2.62 bits per heavy atom. The van der Waals surface area contributed by atoms with Gasteiger partial charge in [0.25, 0.3) is 0 Å². The SMILES string of the molecule is NCCN(CCc1ccccc1)Cc1cc(F)cc2cccnc12. The molecule has 0 amide bonds. The van der Waals surface area contributed by atoms with Crippen molar-refractivity contribution >= 4 is 10.9 Å². The normalized spacial score (nSPS) is 11.3. The van der Waals surface area contributed by atoms with Gasteiger partial charge in [0.1, 0.15) is 5.82 Å². The number of nitrogens with two attached hydrogens (primary N) is 1. The van der Waals surface area contributed by atoms with Crippen LogP contribution in [0.3, 0.4) is 0 Å². The van der Waals surface area contributed by atoms with Crippen LogP contribution >= 0.6 is 0 Å². The maximum Gasteiger partial charge on any atom is 0.124 e. The summed E-state index contributed by atoms with van der Waals surface area (Å²) >= 11 is 0. The second-order valence-electron chi connectivity index (χ2n) is 5.94. The van der Waals surface area contributed by atoms with Gasteiger partial charge in [-0.05, 0) is 35.7 Å². The smallest absolute Gasteiger partial charge is 0.124 e. The monoisotopic (exact) mass is 323 g/mol. The maximum atomic E-state index is 13.9. The van der Waals surface area contributed by atoms with Crippen LogP contribution in [0.5, 0.6) is 0 Å². The highest BCUT2D eigenvalue weighted by atomic mass is 19.1. The van der Waals surface area contributed by atoms with Crippen molar-refractivity contribution in [3.05, 3.63) is 77.7 Å². The molecule has 3 nitrogen and oxygen atoms in total. The van der Waals surface area contributed by atoms with Crippen molar-refractivity contribution in [2.45, 2.75) is 13.0 Å². The van der Waals surface area contributed by atoms with E-state index >= 15 is 0 Å². The van der Waals surface area contributed by atoms with Crippen molar-refractivity contribution in [1.29, 1.82) is 0 Å². The molecule has 0 saturated heterocycles. The molecule has 0 aliphatic rings. The summed E-state index contributed by atoms with van der Waals surface area (Å²) in [5.74, 6) is -0.221. The number of fused-ring (bicyclic) bond motifs is 1. The zero-order chi connectivity index (χ0) is 16.8. The third kappa shape index (κ3) is 4.16. The van der Waals surface area contributed by atoms with Gasteiger partial charge in [-0.15, -0.1) is 0 Å². The van der Waals surface area contributed by atoms with Crippen LogP contribution in [0.2, 0.25) is 0 Å². The Morgan fingerprint density at radius 1 is 1.00 bits per heavy atom. The second-order valence-corrected chi connectivity index (χ2v) is 5.94. The lowest BCUT2D eigenvalue weighted by molar-refractivity contribution is 0.277. The molecule has 4 heteroatoms. The molecule has 2 N–H and O–H groups in total. The summed E-state index contributed by atoms with van der Waals surface area (Å²) in [5, 5.41) is 0.836. The first-order chi connectivity index (χ1) is 11.8. The third-order valence-corrected chi connectivity index (χ3v) is 4.15. The Balaban J connectivity index is 1.78. The van der Waals surface area contributed by atoms with Gasteiger partial charge >= 0.3 is 0 Å². The van der Waals surface area contributed by atoms with Gasteiger partial charge in [0.2, 0.25) is 0 Å². The molecule has 3 rings (SSSR count). The van der Waals surface area contributed by atoms with E-state index in [0.29, 0.717) is 13.1 Å². The van der Waals surface area contributed by atoms with E-state index in [1.807, 2.05) is 30.3 Å². The lowest BCUT2D eigenvalue weighted by Crippen LogP contribution is -2.31. The van der Waals surface area contributed by atoms with Gasteiger partial charge in [0.05, 0.1) is 5.52 Å². The number of benzene rings is 2. The lowest BCUT2D eigenvalue weighted by Gasteiger charge is -2.22. The summed E-state index contributed by atoms with van der Waals surface area (Å²) in [5.41, 5.74) is 8.83. The van der Waals surface area contributed by atoms with Crippen LogP contribution in [0.25, 0.3) is 10.9 Å². The molecule has 1 aromatic heterocycles. The minimum atomic E-state index is -0.221. The third-order valence-electron chi connectivity index (χ3n) is 4.15. The van der Waals surface area contributed by atoms with E-state index in [2.05, 4.69) is 22.0 Å². The van der Waals surface area contributed by atoms with Crippen LogP contribution < -0.4 is 5.73 Å². The fourth-order valence-electron chi connectivity index (χ4n) is 2.97. The quantitative estimate of drug-likeness (QED) is 0.725. The Bertz CT molecular complexity index is 789. The number of pyridine rings is 1. The first-order valence-corrected chi connectivity index (χ1v) is 8.26. The topological polar surface area (TPSA) is 42.1 Å². The van der Waals surface area contributed by atoms with Crippen LogP contribution in [-0.2, 0) is 13.0 Å². The van der Waals surface area contributed by atoms with Gasteiger partial charge in [0.15, 0.2) is 0 Å². The zero-order valence-corrected chi connectivity index (χ0v) is 13.7. The van der Waals surface area contributed by atoms with E-state index < -0.39 is 0 Å². The molecule has 124 valence electrons. The van der Waals surface area contributed by atoms with E-state index in [0.717, 1.165) is 36.0 Å². The van der Waals surface area contributed by atoms with E-state index in [1.54, 1.807) is 12.3 Å². The van der Waals surface area contributed by atoms with Gasteiger partial charge in [-0.25, -0.2) is 4.39 Å². The van der Waals surface area contributed by atoms with E-state index in [4.69, 9.17) is 5.73 Å². The Labute approximate surface area is 141 Å². The van der Waals surface area contributed by atoms with Crippen molar-refractivity contribution in [2.75, 3.05) is 19.6 Å². The molecule has 0 unspecified atom stereocenters. The van der Waals surface area contributed by atoms with Crippen molar-refractivity contribution in [1.82, 2.24) is 9.88 Å². The number of hydrogen-bond donors (Lipinski definition) is 1. The van der Waals surface area contributed by atoms with Crippen LogP contribution in [0.4, 0.5) is 4.39 Å².